The molecule has 4 heteroatoms. The van der Waals surface area contributed by atoms with Crippen LogP contribution in [0.3, 0.4) is 0 Å². The second kappa shape index (κ2) is 4.94. The van der Waals surface area contributed by atoms with Gasteiger partial charge in [0.05, 0.1) is 11.5 Å². The predicted octanol–water partition coefficient (Wildman–Crippen LogP) is 2.40. The van der Waals surface area contributed by atoms with Crippen molar-refractivity contribution < 1.29 is 5.11 Å². The highest BCUT2D eigenvalue weighted by Crippen LogP contribution is 2.29. The van der Waals surface area contributed by atoms with Gasteiger partial charge in [0.1, 0.15) is 0 Å². The van der Waals surface area contributed by atoms with Gasteiger partial charge in [0.2, 0.25) is 0 Å². The zero-order valence-corrected chi connectivity index (χ0v) is 9.96. The van der Waals surface area contributed by atoms with E-state index < -0.39 is 0 Å². The van der Waals surface area contributed by atoms with E-state index in [1.165, 1.54) is 25.7 Å². The third-order valence-corrected chi connectivity index (χ3v) is 4.06. The third-order valence-electron chi connectivity index (χ3n) is 3.04. The van der Waals surface area contributed by atoms with Crippen molar-refractivity contribution in [3.05, 3.63) is 11.1 Å². The Labute approximate surface area is 94.8 Å². The normalized spacial score (nSPS) is 22.0. The first-order valence-electron chi connectivity index (χ1n) is 5.67. The van der Waals surface area contributed by atoms with Crippen LogP contribution >= 0.6 is 11.3 Å². The van der Waals surface area contributed by atoms with Gasteiger partial charge >= 0.3 is 0 Å². The van der Waals surface area contributed by atoms with Crippen molar-refractivity contribution in [1.29, 1.82) is 0 Å². The summed E-state index contributed by atoms with van der Waals surface area (Å²) in [5.74, 6) is 0. The monoisotopic (exact) mass is 226 g/mol. The summed E-state index contributed by atoms with van der Waals surface area (Å²) < 4.78 is 0. The quantitative estimate of drug-likeness (QED) is 0.860. The number of aliphatic hydroxyl groups excluding tert-OH is 1. The molecule has 1 atom stereocenters. The van der Waals surface area contributed by atoms with Crippen molar-refractivity contribution in [2.75, 3.05) is 11.4 Å². The molecule has 1 saturated heterocycles. The zero-order valence-electron chi connectivity index (χ0n) is 9.15. The largest absolute Gasteiger partial charge is 0.391 e. The van der Waals surface area contributed by atoms with Crippen molar-refractivity contribution in [1.82, 2.24) is 4.98 Å². The summed E-state index contributed by atoms with van der Waals surface area (Å²) in [4.78, 5) is 7.77. The Kier molecular flexibility index (Phi) is 3.59. The number of hydrogen-bond donors (Lipinski definition) is 1. The molecule has 2 rings (SSSR count). The lowest BCUT2D eigenvalue weighted by atomic mass is 10.0. The van der Waals surface area contributed by atoms with Gasteiger partial charge in [-0.1, -0.05) is 18.3 Å². The number of anilines is 1. The molecule has 0 amide bonds. The van der Waals surface area contributed by atoms with Crippen LogP contribution in [0.1, 0.15) is 37.5 Å². The number of hydrogen-bond acceptors (Lipinski definition) is 4. The van der Waals surface area contributed by atoms with E-state index in [0.29, 0.717) is 6.04 Å². The summed E-state index contributed by atoms with van der Waals surface area (Å²) in [7, 11) is 0. The SMILES string of the molecule is CCC1CCCCN1c1ncc(CO)s1. The molecule has 1 aromatic rings. The summed E-state index contributed by atoms with van der Waals surface area (Å²) >= 11 is 1.62. The maximum Gasteiger partial charge on any atom is 0.185 e. The Morgan fingerprint density at radius 1 is 1.60 bits per heavy atom. The molecule has 0 aliphatic carbocycles. The highest BCUT2D eigenvalue weighted by Gasteiger charge is 2.23. The smallest absolute Gasteiger partial charge is 0.185 e. The van der Waals surface area contributed by atoms with Crippen LogP contribution in [0.5, 0.6) is 0 Å². The summed E-state index contributed by atoms with van der Waals surface area (Å²) in [6.45, 7) is 3.47. The van der Waals surface area contributed by atoms with Crippen LogP contribution < -0.4 is 4.90 Å². The first-order chi connectivity index (χ1) is 7.35. The fourth-order valence-electron chi connectivity index (χ4n) is 2.18. The van der Waals surface area contributed by atoms with Crippen LogP contribution in [0.25, 0.3) is 0 Å². The molecule has 1 aromatic heterocycles. The Morgan fingerprint density at radius 2 is 2.47 bits per heavy atom. The van der Waals surface area contributed by atoms with Gasteiger partial charge in [-0.25, -0.2) is 4.98 Å². The average Bonchev–Trinajstić information content (AvgIpc) is 2.77. The first-order valence-corrected chi connectivity index (χ1v) is 6.49. The summed E-state index contributed by atoms with van der Waals surface area (Å²) in [6, 6.07) is 0.649. The molecule has 1 N–H and O–H groups in total. The van der Waals surface area contributed by atoms with Gasteiger partial charge in [-0.3, -0.25) is 0 Å². The molecule has 84 valence electrons. The van der Waals surface area contributed by atoms with Crippen LogP contribution in [-0.2, 0) is 6.61 Å². The van der Waals surface area contributed by atoms with E-state index in [4.69, 9.17) is 5.11 Å². The molecule has 0 aromatic carbocycles. The highest BCUT2D eigenvalue weighted by molar-refractivity contribution is 7.15. The molecular formula is C11H18N2OS. The van der Waals surface area contributed by atoms with Gasteiger partial charge in [-0.15, -0.1) is 0 Å². The van der Waals surface area contributed by atoms with Crippen molar-refractivity contribution >= 4 is 16.5 Å². The molecule has 3 nitrogen and oxygen atoms in total. The molecule has 1 unspecified atom stereocenters. The molecule has 0 spiro atoms. The van der Waals surface area contributed by atoms with E-state index in [9.17, 15) is 0 Å². The molecule has 2 heterocycles. The molecular weight excluding hydrogens is 208 g/mol. The standard InChI is InChI=1S/C11H18N2OS/c1-2-9-5-3-4-6-13(9)11-12-7-10(8-14)15-11/h7,9,14H,2-6,8H2,1H3. The van der Waals surface area contributed by atoms with Crippen LogP contribution in [0, 0.1) is 0 Å². The molecule has 0 saturated carbocycles. The number of rotatable bonds is 3. The van der Waals surface area contributed by atoms with Crippen molar-refractivity contribution in [2.45, 2.75) is 45.3 Å². The van der Waals surface area contributed by atoms with Gasteiger partial charge in [0.15, 0.2) is 5.13 Å². The second-order valence-electron chi connectivity index (χ2n) is 4.02. The lowest BCUT2D eigenvalue weighted by Crippen LogP contribution is -2.38. The molecule has 1 fully saturated rings. The summed E-state index contributed by atoms with van der Waals surface area (Å²) in [5, 5.41) is 10.1. The predicted molar refractivity (Wildman–Crippen MR) is 63.3 cm³/mol. The molecule has 0 bridgehead atoms. The van der Waals surface area contributed by atoms with Crippen LogP contribution in [0.15, 0.2) is 6.20 Å². The van der Waals surface area contributed by atoms with Crippen LogP contribution in [0.2, 0.25) is 0 Å². The van der Waals surface area contributed by atoms with Crippen LogP contribution in [0.4, 0.5) is 5.13 Å². The maximum atomic E-state index is 9.02. The van der Waals surface area contributed by atoms with Crippen molar-refractivity contribution in [3.63, 3.8) is 0 Å². The molecule has 1 aliphatic heterocycles. The van der Waals surface area contributed by atoms with E-state index >= 15 is 0 Å². The van der Waals surface area contributed by atoms with Gasteiger partial charge < -0.3 is 10.0 Å². The van der Waals surface area contributed by atoms with Crippen molar-refractivity contribution in [2.24, 2.45) is 0 Å². The fourth-order valence-corrected chi connectivity index (χ4v) is 3.05. The number of aliphatic hydroxyl groups is 1. The fraction of sp³-hybridized carbons (Fsp3) is 0.727. The molecule has 1 aliphatic rings. The summed E-state index contributed by atoms with van der Waals surface area (Å²) in [6.07, 6.45) is 6.87. The van der Waals surface area contributed by atoms with E-state index in [-0.39, 0.29) is 6.61 Å². The number of nitrogens with zero attached hydrogens (tertiary/aromatic N) is 2. The Morgan fingerprint density at radius 3 is 3.13 bits per heavy atom. The van der Waals surface area contributed by atoms with Gasteiger partial charge in [0, 0.05) is 18.8 Å². The zero-order chi connectivity index (χ0) is 10.7. The average molecular weight is 226 g/mol. The van der Waals surface area contributed by atoms with E-state index in [2.05, 4.69) is 16.8 Å². The number of aromatic nitrogens is 1. The van der Waals surface area contributed by atoms with Crippen molar-refractivity contribution in [3.8, 4) is 0 Å². The lowest BCUT2D eigenvalue weighted by molar-refractivity contribution is 0.285. The summed E-state index contributed by atoms with van der Waals surface area (Å²) in [5.41, 5.74) is 0. The van der Waals surface area contributed by atoms with Crippen LogP contribution in [-0.4, -0.2) is 22.7 Å². The minimum Gasteiger partial charge on any atom is -0.391 e. The van der Waals surface area contributed by atoms with Gasteiger partial charge in [-0.05, 0) is 25.7 Å². The maximum absolute atomic E-state index is 9.02. The minimum absolute atomic E-state index is 0.113. The molecule has 15 heavy (non-hydrogen) atoms. The second-order valence-corrected chi connectivity index (χ2v) is 5.11. The minimum atomic E-state index is 0.113. The number of thiazole rings is 1. The lowest BCUT2D eigenvalue weighted by Gasteiger charge is -2.34. The van der Waals surface area contributed by atoms with E-state index in [1.807, 2.05) is 0 Å². The Balaban J connectivity index is 2.12. The molecule has 0 radical (unpaired) electrons. The number of piperidine rings is 1. The first kappa shape index (κ1) is 10.9. The van der Waals surface area contributed by atoms with E-state index in [0.717, 1.165) is 16.6 Å². The third kappa shape index (κ3) is 2.32. The van der Waals surface area contributed by atoms with Gasteiger partial charge in [-0.2, -0.15) is 0 Å². The Hall–Kier alpha value is -0.610. The van der Waals surface area contributed by atoms with Gasteiger partial charge in [0.25, 0.3) is 0 Å². The van der Waals surface area contributed by atoms with E-state index in [1.54, 1.807) is 17.5 Å². The topological polar surface area (TPSA) is 36.4 Å². The highest BCUT2D eigenvalue weighted by atomic mass is 32.1. The Bertz CT molecular complexity index is 313.